The predicted octanol–water partition coefficient (Wildman–Crippen LogP) is 3.57. The molecule has 1 radical (unpaired) electrons. The third kappa shape index (κ3) is 2.74. The van der Waals surface area contributed by atoms with Crippen LogP contribution in [0, 0.1) is 26.0 Å². The molecule has 0 spiro atoms. The Kier molecular flexibility index (Phi) is 4.20. The minimum Gasteiger partial charge on any atom is -0.226 e. The van der Waals surface area contributed by atoms with Gasteiger partial charge >= 0.3 is 18.6 Å². The normalized spacial score (nSPS) is 9.47. The van der Waals surface area contributed by atoms with Crippen molar-refractivity contribution in [1.82, 2.24) is 0 Å². The maximum Gasteiger partial charge on any atom is 2.00 e. The number of hydrogen-bond acceptors (Lipinski definition) is 0. The van der Waals surface area contributed by atoms with Crippen LogP contribution in [0.1, 0.15) is 11.1 Å². The molecule has 73 valence electrons. The number of hydrogen-bond donors (Lipinski definition) is 0. The molecule has 0 aromatic heterocycles. The van der Waals surface area contributed by atoms with E-state index in [1.807, 2.05) is 18.2 Å². The van der Waals surface area contributed by atoms with E-state index < -0.39 is 0 Å². The van der Waals surface area contributed by atoms with Gasteiger partial charge in [-0.15, -0.1) is 11.6 Å². The van der Waals surface area contributed by atoms with Crippen molar-refractivity contribution in [3.63, 3.8) is 0 Å². The van der Waals surface area contributed by atoms with Gasteiger partial charge in [0.15, 0.2) is 0 Å². The molecular formula is C14H12V. The van der Waals surface area contributed by atoms with E-state index in [1.165, 1.54) is 11.1 Å². The molecular weight excluding hydrogens is 219 g/mol. The van der Waals surface area contributed by atoms with E-state index in [0.29, 0.717) is 0 Å². The molecule has 0 heterocycles. The summed E-state index contributed by atoms with van der Waals surface area (Å²) >= 11 is 0. The fraction of sp³-hybridized carbons (Fsp3) is 0.143. The first-order valence-corrected chi connectivity index (χ1v) is 4.73. The quantitative estimate of drug-likeness (QED) is 0.658. The first-order chi connectivity index (χ1) is 6.77. The number of aryl methyl sites for hydroxylation is 2. The van der Waals surface area contributed by atoms with Crippen molar-refractivity contribution in [2.24, 2.45) is 0 Å². The zero-order valence-corrected chi connectivity index (χ0v) is 10.3. The molecule has 0 saturated heterocycles. The molecule has 0 bridgehead atoms. The van der Waals surface area contributed by atoms with Crippen LogP contribution in [0.5, 0.6) is 0 Å². The van der Waals surface area contributed by atoms with Crippen molar-refractivity contribution in [1.29, 1.82) is 0 Å². The monoisotopic (exact) mass is 231 g/mol. The molecule has 0 saturated carbocycles. The summed E-state index contributed by atoms with van der Waals surface area (Å²) in [5, 5.41) is 0. The van der Waals surface area contributed by atoms with Crippen LogP contribution in [0.3, 0.4) is 0 Å². The molecule has 0 nitrogen and oxygen atoms in total. The van der Waals surface area contributed by atoms with Gasteiger partial charge in [-0.1, -0.05) is 13.8 Å². The Bertz CT molecular complexity index is 429. The van der Waals surface area contributed by atoms with Crippen LogP contribution in [0.4, 0.5) is 0 Å². The molecule has 1 heteroatoms. The molecule has 15 heavy (non-hydrogen) atoms. The SMILES string of the molecule is Cc1c[c-]c(-c2[c-]cccc2C)cc1.[V+2]. The van der Waals surface area contributed by atoms with Gasteiger partial charge in [-0.05, 0) is 0 Å². The molecule has 2 aromatic rings. The Hall–Kier alpha value is -0.976. The topological polar surface area (TPSA) is 0 Å². The van der Waals surface area contributed by atoms with Crippen LogP contribution in [0.2, 0.25) is 0 Å². The van der Waals surface area contributed by atoms with Crippen LogP contribution in [0.25, 0.3) is 11.1 Å². The van der Waals surface area contributed by atoms with Gasteiger partial charge in [0.25, 0.3) is 0 Å². The Morgan fingerprint density at radius 1 is 1.00 bits per heavy atom. The van der Waals surface area contributed by atoms with Gasteiger partial charge in [-0.3, -0.25) is 0 Å². The van der Waals surface area contributed by atoms with Gasteiger partial charge in [-0.25, -0.2) is 11.1 Å². The van der Waals surface area contributed by atoms with Crippen molar-refractivity contribution in [3.8, 4) is 11.1 Å². The molecule has 0 amide bonds. The van der Waals surface area contributed by atoms with Crippen molar-refractivity contribution in [2.45, 2.75) is 13.8 Å². The van der Waals surface area contributed by atoms with E-state index in [9.17, 15) is 0 Å². The smallest absolute Gasteiger partial charge is 0.226 e. The minimum atomic E-state index is 0. The van der Waals surface area contributed by atoms with Crippen LogP contribution in [-0.2, 0) is 18.6 Å². The fourth-order valence-corrected chi connectivity index (χ4v) is 1.47. The molecule has 2 rings (SSSR count). The average molecular weight is 231 g/mol. The van der Waals surface area contributed by atoms with Crippen LogP contribution < -0.4 is 0 Å². The largest absolute Gasteiger partial charge is 2.00 e. The van der Waals surface area contributed by atoms with E-state index in [4.69, 9.17) is 0 Å². The Balaban J connectivity index is 0.00000112. The number of rotatable bonds is 1. The fourth-order valence-electron chi connectivity index (χ4n) is 1.47. The second-order valence-electron chi connectivity index (χ2n) is 3.51. The Labute approximate surface area is 103 Å². The zero-order valence-electron chi connectivity index (χ0n) is 8.91. The summed E-state index contributed by atoms with van der Waals surface area (Å²) < 4.78 is 0. The van der Waals surface area contributed by atoms with Gasteiger partial charge in [0, 0.05) is 0 Å². The summed E-state index contributed by atoms with van der Waals surface area (Å²) in [6.07, 6.45) is 0. The summed E-state index contributed by atoms with van der Waals surface area (Å²) in [5.41, 5.74) is 4.75. The minimum absolute atomic E-state index is 0. The molecule has 0 atom stereocenters. The molecule has 0 aliphatic rings. The third-order valence-electron chi connectivity index (χ3n) is 2.30. The first-order valence-electron chi connectivity index (χ1n) is 4.73. The van der Waals surface area contributed by atoms with Gasteiger partial charge in [0.2, 0.25) is 0 Å². The molecule has 2 aromatic carbocycles. The predicted molar refractivity (Wildman–Crippen MR) is 59.0 cm³/mol. The van der Waals surface area contributed by atoms with Gasteiger partial charge < -0.3 is 0 Å². The number of benzene rings is 2. The standard InChI is InChI=1S/C14H12.V/c1-11-7-9-13(10-8-11)14-6-4-3-5-12(14)2;/h3-5,7-9H,1-2H3;/q-2;+2. The molecule has 0 aliphatic carbocycles. The van der Waals surface area contributed by atoms with E-state index in [-0.39, 0.29) is 18.6 Å². The summed E-state index contributed by atoms with van der Waals surface area (Å²) in [4.78, 5) is 0. The molecule has 0 N–H and O–H groups in total. The van der Waals surface area contributed by atoms with Crippen molar-refractivity contribution in [2.75, 3.05) is 0 Å². The van der Waals surface area contributed by atoms with Crippen molar-refractivity contribution < 1.29 is 18.6 Å². The van der Waals surface area contributed by atoms with Crippen LogP contribution >= 0.6 is 0 Å². The zero-order chi connectivity index (χ0) is 9.97. The van der Waals surface area contributed by atoms with E-state index in [0.717, 1.165) is 11.1 Å². The van der Waals surface area contributed by atoms with Gasteiger partial charge in [0.1, 0.15) is 0 Å². The van der Waals surface area contributed by atoms with Gasteiger partial charge in [-0.2, -0.15) is 48.0 Å². The van der Waals surface area contributed by atoms with E-state index in [1.54, 1.807) is 0 Å². The summed E-state index contributed by atoms with van der Waals surface area (Å²) in [6.45, 7) is 4.17. The molecule has 0 fully saturated rings. The van der Waals surface area contributed by atoms with Crippen LogP contribution in [0.15, 0.2) is 36.4 Å². The van der Waals surface area contributed by atoms with Crippen molar-refractivity contribution >= 4 is 0 Å². The van der Waals surface area contributed by atoms with Crippen molar-refractivity contribution in [3.05, 3.63) is 59.7 Å². The Morgan fingerprint density at radius 2 is 1.80 bits per heavy atom. The third-order valence-corrected chi connectivity index (χ3v) is 2.30. The molecule has 0 aliphatic heterocycles. The van der Waals surface area contributed by atoms with Crippen LogP contribution in [-0.4, -0.2) is 0 Å². The summed E-state index contributed by atoms with van der Waals surface area (Å²) in [7, 11) is 0. The second kappa shape index (κ2) is 5.20. The molecule has 0 unspecified atom stereocenters. The first kappa shape index (κ1) is 12.1. The average Bonchev–Trinajstić information content (AvgIpc) is 2.20. The summed E-state index contributed by atoms with van der Waals surface area (Å²) in [5.74, 6) is 0. The maximum atomic E-state index is 3.26. The van der Waals surface area contributed by atoms with E-state index in [2.05, 4.69) is 44.2 Å². The maximum absolute atomic E-state index is 3.26. The second-order valence-corrected chi connectivity index (χ2v) is 3.51. The van der Waals surface area contributed by atoms with E-state index >= 15 is 0 Å². The van der Waals surface area contributed by atoms with Gasteiger partial charge in [0.05, 0.1) is 0 Å². The Morgan fingerprint density at radius 3 is 2.40 bits per heavy atom. The summed E-state index contributed by atoms with van der Waals surface area (Å²) in [6, 6.07) is 18.8.